The molecule has 6 heteroatoms. The molecule has 2 aromatic heterocycles. The summed E-state index contributed by atoms with van der Waals surface area (Å²) in [6.45, 7) is 0.587. The van der Waals surface area contributed by atoms with Gasteiger partial charge in [0, 0.05) is 11.6 Å². The maximum atomic E-state index is 5.49. The van der Waals surface area contributed by atoms with Crippen LogP contribution in [0.1, 0.15) is 11.4 Å². The van der Waals surface area contributed by atoms with E-state index in [4.69, 9.17) is 18.0 Å². The van der Waals surface area contributed by atoms with Crippen LogP contribution >= 0.6 is 12.2 Å². The van der Waals surface area contributed by atoms with Crippen LogP contribution in [0, 0.1) is 0 Å². The van der Waals surface area contributed by atoms with E-state index < -0.39 is 0 Å². The van der Waals surface area contributed by atoms with Crippen molar-refractivity contribution in [3.05, 3.63) is 54.2 Å². The maximum Gasteiger partial charge on any atom is 0.208 e. The van der Waals surface area contributed by atoms with Crippen molar-refractivity contribution in [3.63, 3.8) is 0 Å². The quantitative estimate of drug-likeness (QED) is 0.730. The summed E-state index contributed by atoms with van der Waals surface area (Å²) in [7, 11) is 0. The molecule has 5 nitrogen and oxygen atoms in total. The molecule has 19 heavy (non-hydrogen) atoms. The zero-order chi connectivity index (χ0) is 13.2. The van der Waals surface area contributed by atoms with Gasteiger partial charge in [-0.2, -0.15) is 0 Å². The first-order valence-electron chi connectivity index (χ1n) is 5.76. The van der Waals surface area contributed by atoms with Crippen LogP contribution in [0.4, 0.5) is 0 Å². The highest BCUT2D eigenvalue weighted by atomic mass is 32.1. The van der Waals surface area contributed by atoms with Crippen LogP contribution in [0.25, 0.3) is 10.9 Å². The van der Waals surface area contributed by atoms with Crippen molar-refractivity contribution in [2.45, 2.75) is 6.54 Å². The number of nitrogens with zero attached hydrogens (tertiary/aromatic N) is 4. The van der Waals surface area contributed by atoms with Crippen molar-refractivity contribution >= 4 is 28.1 Å². The molecule has 0 saturated heterocycles. The number of hydrogen-bond donors (Lipinski definition) is 1. The predicted octanol–water partition coefficient (Wildman–Crippen LogP) is 1.51. The zero-order valence-corrected chi connectivity index (χ0v) is 10.8. The summed E-state index contributed by atoms with van der Waals surface area (Å²) in [6, 6.07) is 10.0. The number of nitrogens with two attached hydrogens (primary N) is 1. The van der Waals surface area contributed by atoms with E-state index in [0.29, 0.717) is 12.4 Å². The van der Waals surface area contributed by atoms with Crippen LogP contribution in [0.3, 0.4) is 0 Å². The minimum atomic E-state index is 0.204. The van der Waals surface area contributed by atoms with Crippen molar-refractivity contribution in [1.82, 2.24) is 19.7 Å². The van der Waals surface area contributed by atoms with Gasteiger partial charge in [0.1, 0.15) is 11.3 Å². The van der Waals surface area contributed by atoms with E-state index >= 15 is 0 Å². The molecule has 0 amide bonds. The third-order valence-electron chi connectivity index (χ3n) is 2.81. The van der Waals surface area contributed by atoms with Crippen LogP contribution in [0.2, 0.25) is 0 Å². The lowest BCUT2D eigenvalue weighted by Gasteiger charge is -2.05. The lowest BCUT2D eigenvalue weighted by Crippen LogP contribution is -2.12. The number of rotatable bonds is 3. The number of aromatic nitrogens is 4. The van der Waals surface area contributed by atoms with Gasteiger partial charge in [-0.15, -0.1) is 5.10 Å². The Morgan fingerprint density at radius 2 is 2.05 bits per heavy atom. The second-order valence-corrected chi connectivity index (χ2v) is 4.56. The van der Waals surface area contributed by atoms with Gasteiger partial charge in [0.25, 0.3) is 0 Å². The molecular weight excluding hydrogens is 258 g/mol. The third-order valence-corrected chi connectivity index (χ3v) is 2.99. The molecule has 94 valence electrons. The third kappa shape index (κ3) is 2.30. The van der Waals surface area contributed by atoms with Crippen molar-refractivity contribution in [1.29, 1.82) is 0 Å². The average molecular weight is 269 g/mol. The summed E-state index contributed by atoms with van der Waals surface area (Å²) in [6.07, 6.45) is 3.41. The Kier molecular flexibility index (Phi) is 2.92. The minimum Gasteiger partial charge on any atom is -0.387 e. The predicted molar refractivity (Wildman–Crippen MR) is 76.8 cm³/mol. The highest BCUT2D eigenvalue weighted by Crippen LogP contribution is 2.16. The smallest absolute Gasteiger partial charge is 0.208 e. The van der Waals surface area contributed by atoms with E-state index in [1.807, 2.05) is 30.3 Å². The summed E-state index contributed by atoms with van der Waals surface area (Å²) >= 11 is 4.84. The number of pyridine rings is 1. The summed E-state index contributed by atoms with van der Waals surface area (Å²) in [4.78, 5) is 8.67. The topological polar surface area (TPSA) is 69.6 Å². The number of fused-ring (bicyclic) bond motifs is 1. The highest BCUT2D eigenvalue weighted by molar-refractivity contribution is 7.80. The molecule has 0 atom stereocenters. The fraction of sp³-hybridized carbons (Fsp3) is 0.0769. The summed E-state index contributed by atoms with van der Waals surface area (Å²) in [5.74, 6) is 0.392. The molecule has 0 aliphatic heterocycles. The fourth-order valence-electron chi connectivity index (χ4n) is 1.95. The van der Waals surface area contributed by atoms with E-state index in [1.54, 1.807) is 17.2 Å². The number of hydrogen-bond acceptors (Lipinski definition) is 4. The van der Waals surface area contributed by atoms with Crippen LogP contribution in [0.5, 0.6) is 0 Å². The first-order chi connectivity index (χ1) is 9.24. The Morgan fingerprint density at radius 1 is 1.21 bits per heavy atom. The molecule has 0 saturated carbocycles. The van der Waals surface area contributed by atoms with Crippen molar-refractivity contribution in [2.24, 2.45) is 5.73 Å². The van der Waals surface area contributed by atoms with Crippen LogP contribution in [-0.2, 0) is 6.54 Å². The minimum absolute atomic E-state index is 0.204. The van der Waals surface area contributed by atoms with Crippen LogP contribution in [0.15, 0.2) is 42.9 Å². The Labute approximate surface area is 115 Å². The molecule has 2 heterocycles. The van der Waals surface area contributed by atoms with Gasteiger partial charge in [-0.25, -0.2) is 9.67 Å². The van der Waals surface area contributed by atoms with Crippen molar-refractivity contribution in [3.8, 4) is 0 Å². The lowest BCUT2D eigenvalue weighted by molar-refractivity contribution is 0.686. The molecule has 2 N–H and O–H groups in total. The largest absolute Gasteiger partial charge is 0.387 e. The number of para-hydroxylation sites is 1. The molecule has 1 aromatic carbocycles. The van der Waals surface area contributed by atoms with Gasteiger partial charge in [-0.1, -0.05) is 36.5 Å². The SMILES string of the molecule is NC(=S)c1ncn(Cc2cccc3cccnc23)n1. The average Bonchev–Trinajstić information content (AvgIpc) is 2.88. The van der Waals surface area contributed by atoms with E-state index in [2.05, 4.69) is 15.1 Å². The Bertz CT molecular complexity index is 744. The normalized spacial score (nSPS) is 10.7. The molecular formula is C13H11N5S. The molecule has 0 fully saturated rings. The lowest BCUT2D eigenvalue weighted by atomic mass is 10.1. The monoisotopic (exact) mass is 269 g/mol. The summed E-state index contributed by atoms with van der Waals surface area (Å²) in [5.41, 5.74) is 7.54. The second kappa shape index (κ2) is 4.74. The standard InChI is InChI=1S/C13H11N5S/c14-12(19)13-16-8-18(17-13)7-10-4-1-3-9-5-2-6-15-11(9)10/h1-6,8H,7H2,(H2,14,19). The van der Waals surface area contributed by atoms with Crippen molar-refractivity contribution in [2.75, 3.05) is 0 Å². The fourth-order valence-corrected chi connectivity index (χ4v) is 2.05. The maximum absolute atomic E-state index is 5.49. The van der Waals surface area contributed by atoms with Gasteiger partial charge in [0.05, 0.1) is 12.1 Å². The van der Waals surface area contributed by atoms with E-state index in [0.717, 1.165) is 16.5 Å². The van der Waals surface area contributed by atoms with E-state index in [-0.39, 0.29) is 4.99 Å². The van der Waals surface area contributed by atoms with Crippen molar-refractivity contribution < 1.29 is 0 Å². The zero-order valence-electron chi connectivity index (χ0n) is 10.0. The molecule has 0 radical (unpaired) electrons. The number of thiocarbonyl (C=S) groups is 1. The summed E-state index contributed by atoms with van der Waals surface area (Å²) < 4.78 is 1.71. The highest BCUT2D eigenvalue weighted by Gasteiger charge is 2.06. The van der Waals surface area contributed by atoms with Gasteiger partial charge in [0.2, 0.25) is 5.82 Å². The molecule has 0 aliphatic rings. The Morgan fingerprint density at radius 3 is 2.84 bits per heavy atom. The van der Waals surface area contributed by atoms with Gasteiger partial charge in [0.15, 0.2) is 0 Å². The Hall–Kier alpha value is -2.34. The van der Waals surface area contributed by atoms with E-state index in [1.165, 1.54) is 0 Å². The van der Waals surface area contributed by atoms with E-state index in [9.17, 15) is 0 Å². The molecule has 3 rings (SSSR count). The molecule has 0 bridgehead atoms. The summed E-state index contributed by atoms with van der Waals surface area (Å²) in [5, 5.41) is 5.33. The molecule has 0 unspecified atom stereocenters. The molecule has 3 aromatic rings. The van der Waals surface area contributed by atoms with Gasteiger partial charge in [-0.3, -0.25) is 4.98 Å². The number of benzene rings is 1. The van der Waals surface area contributed by atoms with Crippen LogP contribution < -0.4 is 5.73 Å². The first kappa shape index (κ1) is 11.7. The molecule has 0 spiro atoms. The molecule has 0 aliphatic carbocycles. The van der Waals surface area contributed by atoms with Gasteiger partial charge < -0.3 is 5.73 Å². The Balaban J connectivity index is 1.98. The first-order valence-corrected chi connectivity index (χ1v) is 6.17. The van der Waals surface area contributed by atoms with Gasteiger partial charge >= 0.3 is 0 Å². The van der Waals surface area contributed by atoms with Crippen LogP contribution in [-0.4, -0.2) is 24.7 Å². The second-order valence-electron chi connectivity index (χ2n) is 4.12. The van der Waals surface area contributed by atoms with Gasteiger partial charge in [-0.05, 0) is 11.6 Å².